The maximum atomic E-state index is 14.0. The smallest absolute Gasteiger partial charge is 0.296 e. The zero-order valence-corrected chi connectivity index (χ0v) is 26.0. The SMILES string of the molecule is CCCn1c(N2CCN(C)CC2)c(/C=C2/SC(=S)N(c3c(C)n(C)n(-c4ccccc4)c3=O)C2=O)c(C)c(C#N)c1=O. The molecule has 2 saturated heterocycles. The van der Waals surface area contributed by atoms with Crippen molar-refractivity contribution in [2.45, 2.75) is 33.7 Å². The van der Waals surface area contributed by atoms with E-state index in [0.29, 0.717) is 59.3 Å². The molecule has 10 nitrogen and oxygen atoms in total. The van der Waals surface area contributed by atoms with Gasteiger partial charge in [0.1, 0.15) is 23.1 Å². The van der Waals surface area contributed by atoms with Crippen LogP contribution in [0.1, 0.15) is 35.7 Å². The summed E-state index contributed by atoms with van der Waals surface area (Å²) in [7, 11) is 3.83. The summed E-state index contributed by atoms with van der Waals surface area (Å²) < 4.78 is 5.15. The van der Waals surface area contributed by atoms with Crippen LogP contribution in [-0.2, 0) is 18.4 Å². The Bertz CT molecular complexity index is 1770. The summed E-state index contributed by atoms with van der Waals surface area (Å²) in [5, 5.41) is 9.94. The van der Waals surface area contributed by atoms with Gasteiger partial charge in [-0.2, -0.15) is 5.26 Å². The number of thiocarbonyl (C=S) groups is 1. The first-order chi connectivity index (χ1) is 20.1. The van der Waals surface area contributed by atoms with Crippen LogP contribution in [0.4, 0.5) is 11.5 Å². The van der Waals surface area contributed by atoms with Crippen molar-refractivity contribution in [1.82, 2.24) is 18.8 Å². The molecule has 12 heteroatoms. The summed E-state index contributed by atoms with van der Waals surface area (Å²) in [6, 6.07) is 11.3. The molecule has 2 fully saturated rings. The number of piperazine rings is 1. The topological polar surface area (TPSA) is 99.5 Å². The molecule has 0 unspecified atom stereocenters. The van der Waals surface area contributed by atoms with Crippen LogP contribution >= 0.6 is 24.0 Å². The highest BCUT2D eigenvalue weighted by molar-refractivity contribution is 8.27. The van der Waals surface area contributed by atoms with Gasteiger partial charge in [-0.15, -0.1) is 0 Å². The van der Waals surface area contributed by atoms with Crippen molar-refractivity contribution in [3.63, 3.8) is 0 Å². The van der Waals surface area contributed by atoms with Crippen molar-refractivity contribution in [2.75, 3.05) is 43.0 Å². The van der Waals surface area contributed by atoms with Crippen LogP contribution in [0.25, 0.3) is 11.8 Å². The fraction of sp³-hybridized carbons (Fsp3) is 0.367. The molecular weight excluding hydrogens is 571 g/mol. The number of carbonyl (C=O) groups excluding carboxylic acids is 1. The Morgan fingerprint density at radius 2 is 1.69 bits per heavy atom. The van der Waals surface area contributed by atoms with Gasteiger partial charge in [0.2, 0.25) is 0 Å². The second-order valence-corrected chi connectivity index (χ2v) is 12.2. The molecule has 5 rings (SSSR count). The summed E-state index contributed by atoms with van der Waals surface area (Å²) in [6.07, 6.45) is 2.44. The van der Waals surface area contributed by atoms with Crippen LogP contribution < -0.4 is 20.9 Å². The predicted molar refractivity (Wildman–Crippen MR) is 172 cm³/mol. The molecule has 1 amide bonds. The third-order valence-corrected chi connectivity index (χ3v) is 9.22. The summed E-state index contributed by atoms with van der Waals surface area (Å²) >= 11 is 6.78. The highest BCUT2D eigenvalue weighted by Gasteiger charge is 2.38. The number of rotatable bonds is 6. The number of nitrogens with zero attached hydrogens (tertiary/aromatic N) is 7. The summed E-state index contributed by atoms with van der Waals surface area (Å²) in [5.74, 6) is 0.297. The zero-order chi connectivity index (χ0) is 30.3. The fourth-order valence-electron chi connectivity index (χ4n) is 5.54. The quantitative estimate of drug-likeness (QED) is 0.312. The van der Waals surface area contributed by atoms with Crippen molar-refractivity contribution >= 4 is 51.8 Å². The second kappa shape index (κ2) is 11.8. The van der Waals surface area contributed by atoms with Crippen molar-refractivity contribution in [2.24, 2.45) is 7.05 Å². The predicted octanol–water partition coefficient (Wildman–Crippen LogP) is 3.39. The Balaban J connectivity index is 1.66. The van der Waals surface area contributed by atoms with E-state index in [1.807, 2.05) is 37.3 Å². The summed E-state index contributed by atoms with van der Waals surface area (Å²) in [5.41, 5.74) is 2.04. The van der Waals surface area contributed by atoms with Gasteiger partial charge >= 0.3 is 0 Å². The maximum absolute atomic E-state index is 14.0. The van der Waals surface area contributed by atoms with Gasteiger partial charge in [0.25, 0.3) is 17.0 Å². The lowest BCUT2D eigenvalue weighted by Crippen LogP contribution is -2.47. The number of hydrogen-bond donors (Lipinski definition) is 0. The van der Waals surface area contributed by atoms with Gasteiger partial charge in [-0.25, -0.2) is 4.68 Å². The van der Waals surface area contributed by atoms with Crippen LogP contribution in [0.3, 0.4) is 0 Å². The van der Waals surface area contributed by atoms with Crippen molar-refractivity contribution in [3.8, 4) is 11.8 Å². The van der Waals surface area contributed by atoms with Gasteiger partial charge in [0.15, 0.2) is 4.32 Å². The molecular formula is C30H33N7O3S2. The van der Waals surface area contributed by atoms with Gasteiger partial charge in [0, 0.05) is 45.3 Å². The van der Waals surface area contributed by atoms with E-state index in [-0.39, 0.29) is 26.7 Å². The molecule has 2 aliphatic rings. The van der Waals surface area contributed by atoms with E-state index in [2.05, 4.69) is 22.9 Å². The van der Waals surface area contributed by atoms with Crippen LogP contribution in [0.2, 0.25) is 0 Å². The van der Waals surface area contributed by atoms with E-state index < -0.39 is 5.91 Å². The van der Waals surface area contributed by atoms with Crippen LogP contribution in [0.5, 0.6) is 0 Å². The minimum absolute atomic E-state index is 0.0627. The molecule has 0 atom stereocenters. The average Bonchev–Trinajstić information content (AvgIpc) is 3.37. The number of pyridine rings is 1. The van der Waals surface area contributed by atoms with E-state index in [0.717, 1.165) is 24.9 Å². The fourth-order valence-corrected chi connectivity index (χ4v) is 6.79. The summed E-state index contributed by atoms with van der Waals surface area (Å²) in [6.45, 7) is 9.02. The Labute approximate surface area is 254 Å². The number of carbonyl (C=O) groups is 1. The highest BCUT2D eigenvalue weighted by Crippen LogP contribution is 2.38. The third-order valence-electron chi connectivity index (χ3n) is 7.91. The van der Waals surface area contributed by atoms with Gasteiger partial charge in [-0.1, -0.05) is 49.1 Å². The van der Waals surface area contributed by atoms with Gasteiger partial charge in [0.05, 0.1) is 16.3 Å². The number of anilines is 2. The molecule has 4 heterocycles. The number of nitriles is 1. The van der Waals surface area contributed by atoms with Crippen LogP contribution in [-0.4, -0.2) is 62.3 Å². The lowest BCUT2D eigenvalue weighted by Gasteiger charge is -2.36. The number of aromatic nitrogens is 3. The number of hydrogen-bond acceptors (Lipinski definition) is 8. The van der Waals surface area contributed by atoms with E-state index in [1.54, 1.807) is 36.2 Å². The monoisotopic (exact) mass is 603 g/mol. The molecule has 0 bridgehead atoms. The average molecular weight is 604 g/mol. The molecule has 0 N–H and O–H groups in total. The van der Waals surface area contributed by atoms with Gasteiger partial charge in [-0.05, 0) is 51.1 Å². The molecule has 0 spiro atoms. The minimum atomic E-state index is -0.411. The Morgan fingerprint density at radius 3 is 2.31 bits per heavy atom. The Kier molecular flexibility index (Phi) is 8.28. The highest BCUT2D eigenvalue weighted by atomic mass is 32.2. The van der Waals surface area contributed by atoms with Crippen molar-refractivity contribution in [1.29, 1.82) is 5.26 Å². The lowest BCUT2D eigenvalue weighted by atomic mass is 10.0. The zero-order valence-electron chi connectivity index (χ0n) is 24.4. The molecule has 2 aliphatic heterocycles. The van der Waals surface area contributed by atoms with Crippen molar-refractivity contribution in [3.05, 3.63) is 78.3 Å². The molecule has 2 aromatic heterocycles. The molecule has 0 radical (unpaired) electrons. The number of para-hydroxylation sites is 1. The molecule has 3 aromatic rings. The van der Waals surface area contributed by atoms with Crippen molar-refractivity contribution < 1.29 is 4.79 Å². The standard InChI is InChI=1S/C30H33N7O3S2/c1-6-12-35-26(34-15-13-32(4)14-16-34)22(19(2)23(18-31)27(35)38)17-24-28(39)36(30(41)42-24)25-20(3)33(5)37(29(25)40)21-10-8-7-9-11-21/h7-11,17H,6,12-16H2,1-5H3/b24-17+. The lowest BCUT2D eigenvalue weighted by molar-refractivity contribution is -0.113. The number of amides is 1. The molecule has 42 heavy (non-hydrogen) atoms. The third kappa shape index (κ3) is 4.91. The van der Waals surface area contributed by atoms with E-state index >= 15 is 0 Å². The first-order valence-corrected chi connectivity index (χ1v) is 15.1. The first-order valence-electron chi connectivity index (χ1n) is 13.8. The molecule has 0 aliphatic carbocycles. The molecule has 1 aromatic carbocycles. The van der Waals surface area contributed by atoms with E-state index in [9.17, 15) is 19.6 Å². The maximum Gasteiger partial charge on any atom is 0.296 e. The van der Waals surface area contributed by atoms with Gasteiger partial charge < -0.3 is 9.80 Å². The normalized spacial score (nSPS) is 17.0. The summed E-state index contributed by atoms with van der Waals surface area (Å²) in [4.78, 5) is 47.2. The largest absolute Gasteiger partial charge is 0.355 e. The molecule has 0 saturated carbocycles. The number of benzene rings is 1. The first kappa shape index (κ1) is 29.6. The van der Waals surface area contributed by atoms with Crippen LogP contribution in [0.15, 0.2) is 44.8 Å². The van der Waals surface area contributed by atoms with E-state index in [1.165, 1.54) is 9.58 Å². The Hall–Kier alpha value is -3.92. The van der Waals surface area contributed by atoms with E-state index in [4.69, 9.17) is 12.2 Å². The number of thioether (sulfide) groups is 1. The minimum Gasteiger partial charge on any atom is -0.355 e. The number of likely N-dealkylation sites (N-methyl/N-ethyl adjacent to an activating group) is 1. The van der Waals surface area contributed by atoms with Crippen LogP contribution in [0, 0.1) is 25.2 Å². The van der Waals surface area contributed by atoms with Gasteiger partial charge in [-0.3, -0.25) is 28.5 Å². The second-order valence-electron chi connectivity index (χ2n) is 10.5. The Morgan fingerprint density at radius 1 is 1.02 bits per heavy atom. The molecule has 218 valence electrons.